The van der Waals surface area contributed by atoms with Gasteiger partial charge in [0, 0.05) is 33.2 Å². The van der Waals surface area contributed by atoms with Crippen LogP contribution in [0.1, 0.15) is 24.2 Å². The zero-order chi connectivity index (χ0) is 14.2. The van der Waals surface area contributed by atoms with Gasteiger partial charge in [0.1, 0.15) is 0 Å². The third kappa shape index (κ3) is 3.31. The number of nitrogens with zero attached hydrogens (tertiary/aromatic N) is 2. The van der Waals surface area contributed by atoms with Crippen molar-refractivity contribution in [3.8, 4) is 0 Å². The molecule has 1 aromatic carbocycles. The zero-order valence-electron chi connectivity index (χ0n) is 11.4. The molecule has 0 spiro atoms. The first-order chi connectivity index (χ1) is 8.90. The Hall–Kier alpha value is -0.140. The lowest BCUT2D eigenvalue weighted by molar-refractivity contribution is 0.0413. The topological polar surface area (TPSA) is 23.6 Å². The van der Waals surface area contributed by atoms with Gasteiger partial charge in [0.05, 0.1) is 5.56 Å². The number of hydrogen-bond acceptors (Lipinski definition) is 2. The third-order valence-corrected chi connectivity index (χ3v) is 5.17. The van der Waals surface area contributed by atoms with Crippen LogP contribution in [0.2, 0.25) is 0 Å². The van der Waals surface area contributed by atoms with Crippen molar-refractivity contribution < 1.29 is 4.79 Å². The van der Waals surface area contributed by atoms with Gasteiger partial charge >= 0.3 is 0 Å². The van der Waals surface area contributed by atoms with Crippen LogP contribution in [0.5, 0.6) is 0 Å². The number of benzene rings is 1. The summed E-state index contributed by atoms with van der Waals surface area (Å²) in [4.78, 5) is 16.9. The number of likely N-dealkylation sites (N-methyl/N-ethyl adjacent to an activating group) is 1. The molecule has 1 fully saturated rings. The van der Waals surface area contributed by atoms with Gasteiger partial charge in [0.2, 0.25) is 0 Å². The summed E-state index contributed by atoms with van der Waals surface area (Å²) in [5, 5.41) is 0. The summed E-state index contributed by atoms with van der Waals surface area (Å²) in [5.74, 6) is 0.122. The monoisotopic (exact) mass is 436 g/mol. The highest BCUT2D eigenvalue weighted by Gasteiger charge is 2.30. The molecule has 0 radical (unpaired) electrons. The summed E-state index contributed by atoms with van der Waals surface area (Å²) < 4.78 is 1.96. The number of carbonyl (C=O) groups is 1. The third-order valence-electron chi connectivity index (χ3n) is 3.81. The van der Waals surface area contributed by atoms with E-state index in [9.17, 15) is 4.79 Å². The largest absolute Gasteiger partial charge is 0.335 e. The first-order valence-electron chi connectivity index (χ1n) is 6.36. The second kappa shape index (κ2) is 6.10. The van der Waals surface area contributed by atoms with E-state index in [0.29, 0.717) is 12.1 Å². The van der Waals surface area contributed by atoms with Crippen LogP contribution in [0.25, 0.3) is 0 Å². The molecule has 0 saturated carbocycles. The van der Waals surface area contributed by atoms with Crippen LogP contribution in [0.3, 0.4) is 0 Å². The fourth-order valence-corrected chi connectivity index (χ4v) is 3.31. The van der Waals surface area contributed by atoms with Crippen molar-refractivity contribution in [1.82, 2.24) is 9.80 Å². The van der Waals surface area contributed by atoms with Gasteiger partial charge in [-0.3, -0.25) is 9.69 Å². The number of halogens is 2. The van der Waals surface area contributed by atoms with Crippen LogP contribution in [0.15, 0.2) is 22.7 Å². The van der Waals surface area contributed by atoms with Crippen molar-refractivity contribution in [3.05, 3.63) is 31.8 Å². The van der Waals surface area contributed by atoms with E-state index in [0.717, 1.165) is 26.7 Å². The maximum Gasteiger partial charge on any atom is 0.255 e. The maximum atomic E-state index is 12.6. The lowest BCUT2D eigenvalue weighted by atomic mass is 10.1. The first-order valence-corrected chi connectivity index (χ1v) is 8.23. The van der Waals surface area contributed by atoms with Gasteiger partial charge in [-0.15, -0.1) is 0 Å². The molecule has 5 heteroatoms. The van der Waals surface area contributed by atoms with Gasteiger partial charge in [-0.25, -0.2) is 0 Å². The Morgan fingerprint density at radius 2 is 1.89 bits per heavy atom. The lowest BCUT2D eigenvalue weighted by Gasteiger charge is -2.42. The van der Waals surface area contributed by atoms with Gasteiger partial charge in [0.15, 0.2) is 0 Å². The van der Waals surface area contributed by atoms with Gasteiger partial charge in [0.25, 0.3) is 5.91 Å². The van der Waals surface area contributed by atoms with E-state index in [1.165, 1.54) is 0 Å². The summed E-state index contributed by atoms with van der Waals surface area (Å²) in [5.41, 5.74) is 0.760. The Morgan fingerprint density at radius 1 is 1.32 bits per heavy atom. The van der Waals surface area contributed by atoms with Gasteiger partial charge in [-0.2, -0.15) is 0 Å². The number of amides is 1. The molecule has 0 bridgehead atoms. The molecule has 1 aromatic rings. The van der Waals surface area contributed by atoms with Crippen LogP contribution >= 0.6 is 38.5 Å². The van der Waals surface area contributed by atoms with Crippen molar-refractivity contribution in [2.75, 3.05) is 20.1 Å². The Labute approximate surface area is 136 Å². The molecule has 1 heterocycles. The van der Waals surface area contributed by atoms with E-state index in [1.807, 2.05) is 23.1 Å². The molecule has 104 valence electrons. The SMILES string of the molecule is CC1CN(C(=O)c2cc(I)ccc2Br)CC(C)N1C. The minimum absolute atomic E-state index is 0.122. The van der Waals surface area contributed by atoms with Crippen molar-refractivity contribution in [3.63, 3.8) is 0 Å². The van der Waals surface area contributed by atoms with E-state index in [1.54, 1.807) is 0 Å². The van der Waals surface area contributed by atoms with Crippen LogP contribution < -0.4 is 0 Å². The minimum atomic E-state index is 0.122. The second-order valence-electron chi connectivity index (χ2n) is 5.20. The fraction of sp³-hybridized carbons (Fsp3) is 0.500. The molecule has 2 atom stereocenters. The van der Waals surface area contributed by atoms with E-state index in [4.69, 9.17) is 0 Å². The summed E-state index contributed by atoms with van der Waals surface area (Å²) >= 11 is 5.72. The molecule has 1 aliphatic heterocycles. The highest BCUT2D eigenvalue weighted by atomic mass is 127. The number of carbonyl (C=O) groups excluding carboxylic acids is 1. The summed E-state index contributed by atoms with van der Waals surface area (Å²) in [7, 11) is 2.12. The molecule has 0 aliphatic carbocycles. The fourth-order valence-electron chi connectivity index (χ4n) is 2.40. The van der Waals surface area contributed by atoms with Crippen LogP contribution in [0.4, 0.5) is 0 Å². The van der Waals surface area contributed by atoms with Crippen molar-refractivity contribution in [2.24, 2.45) is 0 Å². The average Bonchev–Trinajstić information content (AvgIpc) is 2.37. The molecule has 0 aromatic heterocycles. The van der Waals surface area contributed by atoms with E-state index < -0.39 is 0 Å². The standard InChI is InChI=1S/C14H18BrIN2O/c1-9-7-18(8-10(2)17(9)3)14(19)12-6-11(16)4-5-13(12)15/h4-6,9-10H,7-8H2,1-3H3. The van der Waals surface area contributed by atoms with Crippen molar-refractivity contribution in [2.45, 2.75) is 25.9 Å². The molecule has 1 amide bonds. The Balaban J connectivity index is 2.22. The molecule has 2 unspecified atom stereocenters. The summed E-state index contributed by atoms with van der Waals surface area (Å²) in [6.07, 6.45) is 0. The maximum absolute atomic E-state index is 12.6. The minimum Gasteiger partial charge on any atom is -0.335 e. The zero-order valence-corrected chi connectivity index (χ0v) is 15.1. The Kier molecular flexibility index (Phi) is 4.89. The molecule has 19 heavy (non-hydrogen) atoms. The van der Waals surface area contributed by atoms with E-state index in [-0.39, 0.29) is 5.91 Å². The number of rotatable bonds is 1. The quantitative estimate of drug-likeness (QED) is 0.631. The highest BCUT2D eigenvalue weighted by molar-refractivity contribution is 14.1. The Bertz CT molecular complexity index is 482. The average molecular weight is 437 g/mol. The molecular formula is C14H18BrIN2O. The lowest BCUT2D eigenvalue weighted by Crippen LogP contribution is -2.56. The number of piperazine rings is 1. The molecule has 1 saturated heterocycles. The summed E-state index contributed by atoms with van der Waals surface area (Å²) in [6, 6.07) is 6.68. The number of hydrogen-bond donors (Lipinski definition) is 0. The van der Waals surface area contributed by atoms with Gasteiger partial charge in [-0.1, -0.05) is 0 Å². The van der Waals surface area contributed by atoms with Crippen LogP contribution in [-0.4, -0.2) is 47.9 Å². The van der Waals surface area contributed by atoms with E-state index >= 15 is 0 Å². The first kappa shape index (κ1) is 15.3. The van der Waals surface area contributed by atoms with Gasteiger partial charge in [-0.05, 0) is 77.6 Å². The predicted octanol–water partition coefficient (Wildman–Crippen LogP) is 3.22. The smallest absolute Gasteiger partial charge is 0.255 e. The van der Waals surface area contributed by atoms with Crippen molar-refractivity contribution >= 4 is 44.4 Å². The molecular weight excluding hydrogens is 419 g/mol. The molecule has 2 rings (SSSR count). The van der Waals surface area contributed by atoms with Gasteiger partial charge < -0.3 is 4.90 Å². The van der Waals surface area contributed by atoms with Crippen LogP contribution in [0, 0.1) is 3.57 Å². The molecule has 0 N–H and O–H groups in total. The highest BCUT2D eigenvalue weighted by Crippen LogP contribution is 2.23. The normalized spacial score (nSPS) is 24.6. The second-order valence-corrected chi connectivity index (χ2v) is 7.30. The van der Waals surface area contributed by atoms with E-state index in [2.05, 4.69) is 64.3 Å². The van der Waals surface area contributed by atoms with Crippen molar-refractivity contribution in [1.29, 1.82) is 0 Å². The van der Waals surface area contributed by atoms with Crippen LogP contribution in [-0.2, 0) is 0 Å². The molecule has 3 nitrogen and oxygen atoms in total. The summed E-state index contributed by atoms with van der Waals surface area (Å²) in [6.45, 7) is 5.91. The predicted molar refractivity (Wildman–Crippen MR) is 89.4 cm³/mol. The molecule has 1 aliphatic rings. The Morgan fingerprint density at radius 3 is 2.47 bits per heavy atom.